The number of likely N-dealkylation sites (tertiary alicyclic amines) is 1. The molecule has 26 heavy (non-hydrogen) atoms. The molecular formula is C21H29N3O2. The predicted molar refractivity (Wildman–Crippen MR) is 105 cm³/mol. The summed E-state index contributed by atoms with van der Waals surface area (Å²) < 4.78 is 0. The van der Waals surface area contributed by atoms with Crippen molar-refractivity contribution in [2.75, 3.05) is 30.3 Å². The van der Waals surface area contributed by atoms with Crippen LogP contribution in [0, 0.1) is 12.8 Å². The molecule has 2 amide bonds. The van der Waals surface area contributed by atoms with E-state index in [2.05, 4.69) is 27.7 Å². The number of benzene rings is 1. The Morgan fingerprint density at radius 1 is 1.12 bits per heavy atom. The van der Waals surface area contributed by atoms with E-state index in [1.165, 1.54) is 19.3 Å². The Balaban J connectivity index is 1.55. The first-order chi connectivity index (χ1) is 12.6. The second-order valence-electron chi connectivity index (χ2n) is 7.43. The van der Waals surface area contributed by atoms with Crippen molar-refractivity contribution in [1.82, 2.24) is 4.90 Å². The van der Waals surface area contributed by atoms with Crippen LogP contribution >= 0.6 is 0 Å². The molecule has 2 aliphatic rings. The molecule has 2 N–H and O–H groups in total. The zero-order valence-electron chi connectivity index (χ0n) is 15.6. The van der Waals surface area contributed by atoms with Crippen LogP contribution in [0.3, 0.4) is 0 Å². The lowest BCUT2D eigenvalue weighted by Crippen LogP contribution is -2.36. The molecule has 5 nitrogen and oxygen atoms in total. The Morgan fingerprint density at radius 2 is 1.92 bits per heavy atom. The van der Waals surface area contributed by atoms with Crippen molar-refractivity contribution >= 4 is 23.2 Å². The van der Waals surface area contributed by atoms with E-state index < -0.39 is 0 Å². The number of nitrogens with zero attached hydrogens (tertiary/aromatic N) is 1. The van der Waals surface area contributed by atoms with Gasteiger partial charge in [0, 0.05) is 17.8 Å². The molecule has 1 saturated heterocycles. The number of nitrogens with one attached hydrogen (secondary N) is 2. The lowest BCUT2D eigenvalue weighted by atomic mass is 10.0. The molecule has 1 fully saturated rings. The Bertz CT molecular complexity index is 678. The van der Waals surface area contributed by atoms with Crippen molar-refractivity contribution < 1.29 is 9.59 Å². The van der Waals surface area contributed by atoms with Gasteiger partial charge in [-0.25, -0.2) is 0 Å². The molecule has 1 aliphatic carbocycles. The number of carbonyl (C=O) groups excluding carboxylic acids is 2. The molecule has 1 aliphatic heterocycles. The number of carbonyl (C=O) groups is 2. The third kappa shape index (κ3) is 5.43. The molecular weight excluding hydrogens is 326 g/mol. The van der Waals surface area contributed by atoms with Gasteiger partial charge in [-0.1, -0.05) is 24.6 Å². The summed E-state index contributed by atoms with van der Waals surface area (Å²) in [5, 5.41) is 5.96. The van der Waals surface area contributed by atoms with Crippen LogP contribution in [0.4, 0.5) is 11.4 Å². The van der Waals surface area contributed by atoms with Crippen LogP contribution in [-0.4, -0.2) is 36.3 Å². The average Bonchev–Trinajstić information content (AvgIpc) is 3.11. The highest BCUT2D eigenvalue weighted by molar-refractivity contribution is 5.95. The highest BCUT2D eigenvalue weighted by Gasteiger charge is 2.16. The summed E-state index contributed by atoms with van der Waals surface area (Å²) in [7, 11) is 0. The topological polar surface area (TPSA) is 61.4 Å². The fourth-order valence-electron chi connectivity index (χ4n) is 3.66. The first-order valence-corrected chi connectivity index (χ1v) is 9.69. The Kier molecular flexibility index (Phi) is 6.45. The van der Waals surface area contributed by atoms with Crippen molar-refractivity contribution in [3.63, 3.8) is 0 Å². The molecule has 0 spiro atoms. The number of piperidine rings is 1. The van der Waals surface area contributed by atoms with Crippen LogP contribution < -0.4 is 10.6 Å². The highest BCUT2D eigenvalue weighted by atomic mass is 16.2. The maximum atomic E-state index is 12.3. The van der Waals surface area contributed by atoms with Crippen LogP contribution in [0.5, 0.6) is 0 Å². The quantitative estimate of drug-likeness (QED) is 0.765. The van der Waals surface area contributed by atoms with Crippen LogP contribution in [0.2, 0.25) is 0 Å². The van der Waals surface area contributed by atoms with Crippen LogP contribution in [-0.2, 0) is 9.59 Å². The van der Waals surface area contributed by atoms with Crippen molar-refractivity contribution in [1.29, 1.82) is 0 Å². The maximum absolute atomic E-state index is 12.3. The van der Waals surface area contributed by atoms with E-state index in [0.717, 1.165) is 42.9 Å². The number of hydrogen-bond acceptors (Lipinski definition) is 3. The zero-order valence-corrected chi connectivity index (χ0v) is 15.6. The molecule has 0 aromatic heterocycles. The van der Waals surface area contributed by atoms with Crippen molar-refractivity contribution in [2.45, 2.75) is 45.4 Å². The summed E-state index contributed by atoms with van der Waals surface area (Å²) in [6.45, 7) is 4.39. The number of aryl methyl sites for hydroxylation is 1. The van der Waals surface area contributed by atoms with Gasteiger partial charge in [-0.15, -0.1) is 0 Å². The molecule has 1 heterocycles. The third-order valence-corrected chi connectivity index (χ3v) is 5.17. The standard InChI is InChI=1S/C21H29N3O2/c1-16-9-10-18(22-20(25)13-17-7-3-4-8-17)14-19(16)23-21(26)15-24-11-5-2-6-12-24/h3,7,9-10,14,17H,2,4-6,8,11-13,15H2,1H3,(H,22,25)(H,23,26)/t17-/m0/s1. The van der Waals surface area contributed by atoms with Crippen molar-refractivity contribution in [3.8, 4) is 0 Å². The predicted octanol–water partition coefficient (Wildman–Crippen LogP) is 3.71. The molecule has 5 heteroatoms. The zero-order chi connectivity index (χ0) is 18.4. The summed E-state index contributed by atoms with van der Waals surface area (Å²) >= 11 is 0. The molecule has 0 saturated carbocycles. The monoisotopic (exact) mass is 355 g/mol. The summed E-state index contributed by atoms with van der Waals surface area (Å²) in [6, 6.07) is 5.67. The van der Waals surface area contributed by atoms with E-state index in [1.807, 2.05) is 25.1 Å². The van der Waals surface area contributed by atoms with Gasteiger partial charge in [0.2, 0.25) is 11.8 Å². The molecule has 3 rings (SSSR count). The molecule has 140 valence electrons. The first kappa shape index (κ1) is 18.6. The largest absolute Gasteiger partial charge is 0.326 e. The van der Waals surface area contributed by atoms with Crippen LogP contribution in [0.1, 0.15) is 44.1 Å². The summed E-state index contributed by atoms with van der Waals surface area (Å²) in [4.78, 5) is 26.8. The van der Waals surface area contributed by atoms with E-state index in [0.29, 0.717) is 18.9 Å². The second kappa shape index (κ2) is 8.99. The van der Waals surface area contributed by atoms with Gasteiger partial charge >= 0.3 is 0 Å². The minimum atomic E-state index is 0.00886. The molecule has 0 unspecified atom stereocenters. The van der Waals surface area contributed by atoms with Crippen molar-refractivity contribution in [3.05, 3.63) is 35.9 Å². The van der Waals surface area contributed by atoms with Crippen LogP contribution in [0.25, 0.3) is 0 Å². The van der Waals surface area contributed by atoms with Gasteiger partial charge in [0.05, 0.1) is 6.54 Å². The average molecular weight is 355 g/mol. The number of anilines is 2. The van der Waals surface area contributed by atoms with Gasteiger partial charge in [-0.2, -0.15) is 0 Å². The Morgan fingerprint density at radius 3 is 2.65 bits per heavy atom. The van der Waals surface area contributed by atoms with E-state index in [-0.39, 0.29) is 11.8 Å². The Labute approximate surface area is 155 Å². The third-order valence-electron chi connectivity index (χ3n) is 5.17. The number of amides is 2. The van der Waals surface area contributed by atoms with Gasteiger partial charge in [-0.05, 0) is 69.3 Å². The van der Waals surface area contributed by atoms with Gasteiger partial charge in [0.1, 0.15) is 0 Å². The van der Waals surface area contributed by atoms with Gasteiger partial charge in [0.25, 0.3) is 0 Å². The molecule has 1 aromatic rings. The smallest absolute Gasteiger partial charge is 0.238 e. The van der Waals surface area contributed by atoms with E-state index >= 15 is 0 Å². The summed E-state index contributed by atoms with van der Waals surface area (Å²) in [5.41, 5.74) is 2.50. The fourth-order valence-corrected chi connectivity index (χ4v) is 3.66. The SMILES string of the molecule is Cc1ccc(NC(=O)C[C@H]2C=CCC2)cc1NC(=O)CN1CCCCC1. The van der Waals surface area contributed by atoms with Crippen LogP contribution in [0.15, 0.2) is 30.4 Å². The van der Waals surface area contributed by atoms with E-state index in [1.54, 1.807) is 0 Å². The van der Waals surface area contributed by atoms with E-state index in [4.69, 9.17) is 0 Å². The fraction of sp³-hybridized carbons (Fsp3) is 0.524. The molecule has 0 bridgehead atoms. The van der Waals surface area contributed by atoms with Gasteiger partial charge in [-0.3, -0.25) is 14.5 Å². The second-order valence-corrected chi connectivity index (χ2v) is 7.43. The Hall–Kier alpha value is -2.14. The van der Waals surface area contributed by atoms with Gasteiger partial charge < -0.3 is 10.6 Å². The first-order valence-electron chi connectivity index (χ1n) is 9.69. The molecule has 1 aromatic carbocycles. The normalized spacial score (nSPS) is 20.1. The minimum Gasteiger partial charge on any atom is -0.326 e. The van der Waals surface area contributed by atoms with E-state index in [9.17, 15) is 9.59 Å². The van der Waals surface area contributed by atoms with Gasteiger partial charge in [0.15, 0.2) is 0 Å². The number of hydrogen-bond donors (Lipinski definition) is 2. The minimum absolute atomic E-state index is 0.00886. The lowest BCUT2D eigenvalue weighted by Gasteiger charge is -2.25. The number of allylic oxidation sites excluding steroid dienone is 2. The van der Waals surface area contributed by atoms with Crippen molar-refractivity contribution in [2.24, 2.45) is 5.92 Å². The molecule has 0 radical (unpaired) electrons. The summed E-state index contributed by atoms with van der Waals surface area (Å²) in [5.74, 6) is 0.384. The molecule has 1 atom stereocenters. The lowest BCUT2D eigenvalue weighted by molar-refractivity contribution is -0.118. The summed E-state index contributed by atoms with van der Waals surface area (Å²) in [6.07, 6.45) is 10.5. The number of rotatable bonds is 6. The highest BCUT2D eigenvalue weighted by Crippen LogP contribution is 2.23. The maximum Gasteiger partial charge on any atom is 0.238 e.